The molecule has 0 radical (unpaired) electrons. The average Bonchev–Trinajstić information content (AvgIpc) is 3.16. The van der Waals surface area contributed by atoms with Crippen LogP contribution in [-0.4, -0.2) is 24.6 Å². The Kier molecular flexibility index (Phi) is 4.07. The minimum absolute atomic E-state index is 0.195. The Hall–Kier alpha value is -2.23. The Morgan fingerprint density at radius 2 is 1.81 bits per heavy atom. The van der Waals surface area contributed by atoms with E-state index >= 15 is 0 Å². The van der Waals surface area contributed by atoms with Gasteiger partial charge in [0.05, 0.1) is 13.0 Å². The third-order valence-electron chi connectivity index (χ3n) is 4.11. The summed E-state index contributed by atoms with van der Waals surface area (Å²) in [7, 11) is 1.24. The van der Waals surface area contributed by atoms with Crippen LogP contribution in [0.3, 0.4) is 0 Å². The standard InChI is InChI=1S/C17H18O4/c1-4-8-13-14(15(19)12-9-6-5-7-10-12)17(13,11(2)18)16(20)21-3/h4-10,13-14H,1-3H3/b8-4+/t13-,14+,17?/m1/s1. The van der Waals surface area contributed by atoms with Gasteiger partial charge in [-0.2, -0.15) is 0 Å². The van der Waals surface area contributed by atoms with Crippen LogP contribution in [0.1, 0.15) is 24.2 Å². The Bertz CT molecular complexity index is 602. The van der Waals surface area contributed by atoms with Gasteiger partial charge in [-0.05, 0) is 13.8 Å². The smallest absolute Gasteiger partial charge is 0.320 e. The molecule has 1 saturated carbocycles. The molecule has 110 valence electrons. The molecule has 1 aliphatic rings. The molecule has 1 unspecified atom stereocenters. The minimum atomic E-state index is -1.37. The Balaban J connectivity index is 2.44. The first-order valence-electron chi connectivity index (χ1n) is 6.83. The number of Topliss-reactive ketones (excluding diaryl/α,β-unsaturated/α-hetero) is 2. The lowest BCUT2D eigenvalue weighted by atomic mass is 9.94. The molecule has 1 aliphatic carbocycles. The molecule has 4 nitrogen and oxygen atoms in total. The summed E-state index contributed by atoms with van der Waals surface area (Å²) in [5, 5.41) is 0. The fourth-order valence-electron chi connectivity index (χ4n) is 3.07. The van der Waals surface area contributed by atoms with Crippen molar-refractivity contribution in [3.05, 3.63) is 48.0 Å². The third kappa shape index (κ3) is 2.20. The lowest BCUT2D eigenvalue weighted by Gasteiger charge is -2.11. The summed E-state index contributed by atoms with van der Waals surface area (Å²) < 4.78 is 4.79. The van der Waals surface area contributed by atoms with E-state index in [1.807, 2.05) is 6.07 Å². The van der Waals surface area contributed by atoms with Gasteiger partial charge in [-0.15, -0.1) is 0 Å². The molecule has 3 atom stereocenters. The van der Waals surface area contributed by atoms with E-state index in [1.54, 1.807) is 43.3 Å². The van der Waals surface area contributed by atoms with Crippen molar-refractivity contribution in [2.24, 2.45) is 17.3 Å². The summed E-state index contributed by atoms with van der Waals surface area (Å²) in [6, 6.07) is 8.71. The highest BCUT2D eigenvalue weighted by Gasteiger charge is 2.75. The van der Waals surface area contributed by atoms with Crippen molar-refractivity contribution in [2.75, 3.05) is 7.11 Å². The van der Waals surface area contributed by atoms with Gasteiger partial charge < -0.3 is 4.74 Å². The second kappa shape index (κ2) is 5.64. The maximum absolute atomic E-state index is 12.6. The zero-order valence-corrected chi connectivity index (χ0v) is 12.3. The summed E-state index contributed by atoms with van der Waals surface area (Å²) in [5.74, 6) is -2.26. The van der Waals surface area contributed by atoms with Crippen molar-refractivity contribution in [3.63, 3.8) is 0 Å². The number of hydrogen-bond acceptors (Lipinski definition) is 4. The molecule has 0 bridgehead atoms. The van der Waals surface area contributed by atoms with Crippen LogP contribution >= 0.6 is 0 Å². The summed E-state index contributed by atoms with van der Waals surface area (Å²) in [6.07, 6.45) is 3.49. The fourth-order valence-corrected chi connectivity index (χ4v) is 3.07. The lowest BCUT2D eigenvalue weighted by molar-refractivity contribution is -0.151. The molecule has 4 heteroatoms. The summed E-state index contributed by atoms with van der Waals surface area (Å²) in [6.45, 7) is 3.14. The monoisotopic (exact) mass is 286 g/mol. The van der Waals surface area contributed by atoms with Gasteiger partial charge in [0.1, 0.15) is 11.2 Å². The van der Waals surface area contributed by atoms with E-state index in [1.165, 1.54) is 14.0 Å². The van der Waals surface area contributed by atoms with Gasteiger partial charge in [-0.1, -0.05) is 42.5 Å². The Morgan fingerprint density at radius 3 is 2.29 bits per heavy atom. The number of hydrogen-bond donors (Lipinski definition) is 0. The zero-order chi connectivity index (χ0) is 15.6. The number of benzene rings is 1. The van der Waals surface area contributed by atoms with E-state index in [-0.39, 0.29) is 11.6 Å². The van der Waals surface area contributed by atoms with E-state index in [2.05, 4.69) is 0 Å². The van der Waals surface area contributed by atoms with Gasteiger partial charge in [-0.25, -0.2) is 0 Å². The zero-order valence-electron chi connectivity index (χ0n) is 12.3. The highest BCUT2D eigenvalue weighted by atomic mass is 16.5. The summed E-state index contributed by atoms with van der Waals surface area (Å²) >= 11 is 0. The van der Waals surface area contributed by atoms with Crippen molar-refractivity contribution < 1.29 is 19.1 Å². The molecule has 2 rings (SSSR count). The maximum Gasteiger partial charge on any atom is 0.320 e. The molecule has 1 aromatic carbocycles. The van der Waals surface area contributed by atoms with E-state index < -0.39 is 23.2 Å². The number of methoxy groups -OCH3 is 1. The van der Waals surface area contributed by atoms with Crippen molar-refractivity contribution in [2.45, 2.75) is 13.8 Å². The molecule has 0 N–H and O–H groups in total. The van der Waals surface area contributed by atoms with E-state index in [0.717, 1.165) is 0 Å². The van der Waals surface area contributed by atoms with Crippen LogP contribution in [0.15, 0.2) is 42.5 Å². The average molecular weight is 286 g/mol. The highest BCUT2D eigenvalue weighted by Crippen LogP contribution is 2.62. The molecular weight excluding hydrogens is 268 g/mol. The molecular formula is C17H18O4. The Morgan fingerprint density at radius 1 is 1.19 bits per heavy atom. The maximum atomic E-state index is 12.6. The molecule has 21 heavy (non-hydrogen) atoms. The van der Waals surface area contributed by atoms with Gasteiger partial charge in [-0.3, -0.25) is 14.4 Å². The van der Waals surface area contributed by atoms with Gasteiger partial charge in [0, 0.05) is 11.5 Å². The van der Waals surface area contributed by atoms with Crippen molar-refractivity contribution >= 4 is 17.5 Å². The second-order valence-electron chi connectivity index (χ2n) is 5.18. The van der Waals surface area contributed by atoms with Crippen LogP contribution in [0.25, 0.3) is 0 Å². The lowest BCUT2D eigenvalue weighted by Crippen LogP contribution is -2.30. The fraction of sp³-hybridized carbons (Fsp3) is 0.353. The van der Waals surface area contributed by atoms with E-state index in [9.17, 15) is 14.4 Å². The van der Waals surface area contributed by atoms with Gasteiger partial charge in [0.25, 0.3) is 0 Å². The first-order chi connectivity index (χ1) is 10.0. The summed E-state index contributed by atoms with van der Waals surface area (Å²) in [4.78, 5) is 36.9. The van der Waals surface area contributed by atoms with Crippen LogP contribution in [0, 0.1) is 17.3 Å². The number of ketones is 2. The number of rotatable bonds is 5. The second-order valence-corrected chi connectivity index (χ2v) is 5.18. The molecule has 0 aliphatic heterocycles. The predicted molar refractivity (Wildman–Crippen MR) is 77.7 cm³/mol. The molecule has 0 saturated heterocycles. The van der Waals surface area contributed by atoms with Crippen molar-refractivity contribution in [1.29, 1.82) is 0 Å². The first-order valence-corrected chi connectivity index (χ1v) is 6.83. The van der Waals surface area contributed by atoms with E-state index in [4.69, 9.17) is 4.74 Å². The van der Waals surface area contributed by atoms with Gasteiger partial charge in [0.2, 0.25) is 0 Å². The molecule has 0 amide bonds. The van der Waals surface area contributed by atoms with Crippen molar-refractivity contribution in [3.8, 4) is 0 Å². The quantitative estimate of drug-likeness (QED) is 0.361. The largest absolute Gasteiger partial charge is 0.468 e. The highest BCUT2D eigenvalue weighted by molar-refractivity contribution is 6.16. The van der Waals surface area contributed by atoms with Gasteiger partial charge in [0.15, 0.2) is 5.78 Å². The molecule has 0 spiro atoms. The minimum Gasteiger partial charge on any atom is -0.468 e. The van der Waals surface area contributed by atoms with Crippen LogP contribution in [0.5, 0.6) is 0 Å². The number of esters is 1. The van der Waals surface area contributed by atoms with Crippen LogP contribution in [0.4, 0.5) is 0 Å². The normalized spacial score (nSPS) is 27.4. The van der Waals surface area contributed by atoms with Crippen molar-refractivity contribution in [1.82, 2.24) is 0 Å². The SMILES string of the molecule is C/C=C/[C@@H]1[C@@H](C(=O)c2ccccc2)C1(C(C)=O)C(=O)OC. The number of allylic oxidation sites excluding steroid dienone is 2. The van der Waals surface area contributed by atoms with Crippen LogP contribution < -0.4 is 0 Å². The predicted octanol–water partition coefficient (Wildman–Crippen LogP) is 2.44. The van der Waals surface area contributed by atoms with Crippen LogP contribution in [-0.2, 0) is 14.3 Å². The summed E-state index contributed by atoms with van der Waals surface area (Å²) in [5.41, 5.74) is -0.863. The Labute approximate surface area is 123 Å². The molecule has 0 aromatic heterocycles. The topological polar surface area (TPSA) is 60.4 Å². The number of ether oxygens (including phenoxy) is 1. The molecule has 0 heterocycles. The molecule has 1 aromatic rings. The van der Waals surface area contributed by atoms with E-state index in [0.29, 0.717) is 5.56 Å². The number of carbonyl (C=O) groups is 3. The first kappa shape index (κ1) is 15.2. The molecule has 1 fully saturated rings. The van der Waals surface area contributed by atoms with Crippen LogP contribution in [0.2, 0.25) is 0 Å². The van der Waals surface area contributed by atoms with Gasteiger partial charge >= 0.3 is 5.97 Å². The number of carbonyl (C=O) groups excluding carboxylic acids is 3. The third-order valence-corrected chi connectivity index (χ3v) is 4.11.